The van der Waals surface area contributed by atoms with E-state index in [9.17, 15) is 4.79 Å². The first-order valence-corrected chi connectivity index (χ1v) is 8.53. The normalized spacial score (nSPS) is 15.7. The van der Waals surface area contributed by atoms with Crippen LogP contribution in [0, 0.1) is 0 Å². The SMILES string of the molecule is CCOC(=O)C=C(C)CCCC(C)(Cl)CCCC(C)(C)Cl. The van der Waals surface area contributed by atoms with Crippen LogP contribution < -0.4 is 0 Å². The van der Waals surface area contributed by atoms with E-state index < -0.39 is 0 Å². The van der Waals surface area contributed by atoms with E-state index in [1.807, 2.05) is 27.7 Å². The third kappa shape index (κ3) is 13.2. The van der Waals surface area contributed by atoms with E-state index in [2.05, 4.69) is 6.92 Å². The molecule has 0 fully saturated rings. The number of esters is 1. The third-order valence-electron chi connectivity index (χ3n) is 3.39. The van der Waals surface area contributed by atoms with Gasteiger partial charge in [0.2, 0.25) is 0 Å². The number of alkyl halides is 2. The van der Waals surface area contributed by atoms with Crippen molar-refractivity contribution in [3.8, 4) is 0 Å². The van der Waals surface area contributed by atoms with E-state index in [0.29, 0.717) is 6.61 Å². The topological polar surface area (TPSA) is 26.3 Å². The number of hydrogen-bond donors (Lipinski definition) is 0. The second-order valence-electron chi connectivity index (χ2n) is 6.58. The summed E-state index contributed by atoms with van der Waals surface area (Å²) >= 11 is 12.7. The van der Waals surface area contributed by atoms with Crippen molar-refractivity contribution in [2.75, 3.05) is 6.61 Å². The molecular weight excluding hydrogens is 307 g/mol. The average Bonchev–Trinajstić information content (AvgIpc) is 2.26. The first-order chi connectivity index (χ1) is 9.56. The Balaban J connectivity index is 4.00. The van der Waals surface area contributed by atoms with Gasteiger partial charge in [0.1, 0.15) is 0 Å². The highest BCUT2D eigenvalue weighted by Gasteiger charge is 2.22. The van der Waals surface area contributed by atoms with Crippen LogP contribution in [0.1, 0.15) is 73.1 Å². The minimum atomic E-state index is -0.257. The second kappa shape index (κ2) is 9.74. The summed E-state index contributed by atoms with van der Waals surface area (Å²) in [6.07, 6.45) is 7.34. The standard InChI is InChI=1S/C17H30Cl2O2/c1-6-21-15(20)13-14(2)9-7-11-17(5,19)12-8-10-16(3,4)18/h13H,6-12H2,1-5H3. The van der Waals surface area contributed by atoms with Gasteiger partial charge >= 0.3 is 5.97 Å². The first-order valence-electron chi connectivity index (χ1n) is 7.77. The van der Waals surface area contributed by atoms with Crippen LogP contribution in [0.2, 0.25) is 0 Å². The molecule has 0 N–H and O–H groups in total. The molecule has 0 aliphatic heterocycles. The van der Waals surface area contributed by atoms with E-state index >= 15 is 0 Å². The molecule has 0 aliphatic rings. The molecule has 0 aromatic carbocycles. The zero-order valence-corrected chi connectivity index (χ0v) is 15.6. The van der Waals surface area contributed by atoms with Crippen molar-refractivity contribution in [1.82, 2.24) is 0 Å². The number of carbonyl (C=O) groups excluding carboxylic acids is 1. The number of rotatable bonds is 10. The molecule has 0 radical (unpaired) electrons. The maximum absolute atomic E-state index is 11.3. The molecule has 0 rings (SSSR count). The molecule has 0 saturated heterocycles. The van der Waals surface area contributed by atoms with Gasteiger partial charge < -0.3 is 4.74 Å². The Labute approximate surface area is 140 Å². The number of carbonyl (C=O) groups is 1. The fourth-order valence-electron chi connectivity index (χ4n) is 2.20. The monoisotopic (exact) mass is 336 g/mol. The lowest BCUT2D eigenvalue weighted by Crippen LogP contribution is -2.18. The molecule has 0 spiro atoms. The highest BCUT2D eigenvalue weighted by atomic mass is 35.5. The van der Waals surface area contributed by atoms with Crippen molar-refractivity contribution < 1.29 is 9.53 Å². The lowest BCUT2D eigenvalue weighted by atomic mass is 9.93. The molecule has 21 heavy (non-hydrogen) atoms. The van der Waals surface area contributed by atoms with Crippen molar-refractivity contribution in [2.24, 2.45) is 0 Å². The maximum Gasteiger partial charge on any atom is 0.330 e. The number of halogens is 2. The molecule has 0 aromatic rings. The van der Waals surface area contributed by atoms with Gasteiger partial charge in [0.25, 0.3) is 0 Å². The van der Waals surface area contributed by atoms with Gasteiger partial charge in [-0.3, -0.25) is 0 Å². The zero-order chi connectivity index (χ0) is 16.5. The van der Waals surface area contributed by atoms with Crippen LogP contribution in [-0.2, 0) is 9.53 Å². The second-order valence-corrected chi connectivity index (χ2v) is 8.52. The van der Waals surface area contributed by atoms with Gasteiger partial charge in [0.05, 0.1) is 6.61 Å². The number of allylic oxidation sites excluding steroid dienone is 1. The van der Waals surface area contributed by atoms with Crippen molar-refractivity contribution in [1.29, 1.82) is 0 Å². The molecule has 1 unspecified atom stereocenters. The first kappa shape index (κ1) is 20.8. The van der Waals surface area contributed by atoms with Crippen molar-refractivity contribution in [2.45, 2.75) is 82.9 Å². The van der Waals surface area contributed by atoms with Crippen molar-refractivity contribution in [3.63, 3.8) is 0 Å². The predicted molar refractivity (Wildman–Crippen MR) is 92.3 cm³/mol. The van der Waals surface area contributed by atoms with Gasteiger partial charge in [-0.2, -0.15) is 0 Å². The lowest BCUT2D eigenvalue weighted by Gasteiger charge is -2.24. The van der Waals surface area contributed by atoms with E-state index in [-0.39, 0.29) is 15.7 Å². The predicted octanol–water partition coefficient (Wildman–Crippen LogP) is 5.85. The van der Waals surface area contributed by atoms with Crippen LogP contribution in [0.25, 0.3) is 0 Å². The molecule has 0 saturated carbocycles. The highest BCUT2D eigenvalue weighted by molar-refractivity contribution is 6.24. The van der Waals surface area contributed by atoms with Crippen LogP contribution in [0.15, 0.2) is 11.6 Å². The van der Waals surface area contributed by atoms with Gasteiger partial charge in [-0.05, 0) is 73.1 Å². The summed E-state index contributed by atoms with van der Waals surface area (Å²) in [5, 5.41) is 0. The van der Waals surface area contributed by atoms with Crippen LogP contribution in [0.5, 0.6) is 0 Å². The maximum atomic E-state index is 11.3. The Hall–Kier alpha value is -0.210. The molecule has 0 amide bonds. The molecule has 4 heteroatoms. The van der Waals surface area contributed by atoms with Crippen LogP contribution in [0.3, 0.4) is 0 Å². The smallest absolute Gasteiger partial charge is 0.330 e. The summed E-state index contributed by atoms with van der Waals surface area (Å²) in [7, 11) is 0. The van der Waals surface area contributed by atoms with Crippen molar-refractivity contribution in [3.05, 3.63) is 11.6 Å². The molecule has 1 atom stereocenters. The quantitative estimate of drug-likeness (QED) is 0.284. The molecule has 0 bridgehead atoms. The minimum absolute atomic E-state index is 0.147. The molecule has 0 aromatic heterocycles. The van der Waals surface area contributed by atoms with Gasteiger partial charge in [-0.1, -0.05) is 5.57 Å². The summed E-state index contributed by atoms with van der Waals surface area (Å²) in [4.78, 5) is 11.0. The van der Waals surface area contributed by atoms with Gasteiger partial charge in [-0.15, -0.1) is 23.2 Å². The van der Waals surface area contributed by atoms with E-state index in [1.54, 1.807) is 6.08 Å². The summed E-state index contributed by atoms with van der Waals surface area (Å²) in [5.74, 6) is -0.257. The van der Waals surface area contributed by atoms with Gasteiger partial charge in [0, 0.05) is 15.8 Å². The Morgan fingerprint density at radius 1 is 1.10 bits per heavy atom. The largest absolute Gasteiger partial charge is 0.463 e. The Kier molecular flexibility index (Phi) is 9.64. The van der Waals surface area contributed by atoms with E-state index in [1.165, 1.54) is 0 Å². The minimum Gasteiger partial charge on any atom is -0.463 e. The summed E-state index contributed by atoms with van der Waals surface area (Å²) in [6.45, 7) is 10.3. The van der Waals surface area contributed by atoms with Crippen LogP contribution in [-0.4, -0.2) is 22.3 Å². The van der Waals surface area contributed by atoms with E-state index in [0.717, 1.165) is 44.1 Å². The molecule has 0 heterocycles. The summed E-state index contributed by atoms with van der Waals surface area (Å²) < 4.78 is 4.89. The average molecular weight is 337 g/mol. The van der Waals surface area contributed by atoms with Crippen LogP contribution in [0.4, 0.5) is 0 Å². The number of ether oxygens (including phenoxy) is 1. The molecule has 0 aliphatic carbocycles. The van der Waals surface area contributed by atoms with Crippen molar-refractivity contribution >= 4 is 29.2 Å². The fraction of sp³-hybridized carbons (Fsp3) is 0.824. The lowest BCUT2D eigenvalue weighted by molar-refractivity contribution is -0.137. The summed E-state index contributed by atoms with van der Waals surface area (Å²) in [6, 6.07) is 0. The van der Waals surface area contributed by atoms with E-state index in [4.69, 9.17) is 27.9 Å². The Morgan fingerprint density at radius 3 is 2.19 bits per heavy atom. The molecule has 2 nitrogen and oxygen atoms in total. The highest BCUT2D eigenvalue weighted by Crippen LogP contribution is 2.31. The number of hydrogen-bond acceptors (Lipinski definition) is 2. The third-order valence-corrected chi connectivity index (χ3v) is 3.96. The van der Waals surface area contributed by atoms with Gasteiger partial charge in [0.15, 0.2) is 0 Å². The van der Waals surface area contributed by atoms with Gasteiger partial charge in [-0.25, -0.2) is 4.79 Å². The molecule has 124 valence electrons. The zero-order valence-electron chi connectivity index (χ0n) is 14.1. The fourth-order valence-corrected chi connectivity index (χ4v) is 2.60. The van der Waals surface area contributed by atoms with Crippen LogP contribution >= 0.6 is 23.2 Å². The summed E-state index contributed by atoms with van der Waals surface area (Å²) in [5.41, 5.74) is 1.04. The Bertz CT molecular complexity index is 341. The Morgan fingerprint density at radius 2 is 1.67 bits per heavy atom. The molecular formula is C17H30Cl2O2.